The van der Waals surface area contributed by atoms with E-state index in [1.807, 2.05) is 43.3 Å². The van der Waals surface area contributed by atoms with Crippen molar-refractivity contribution in [2.75, 3.05) is 6.61 Å². The molecule has 4 rings (SSSR count). The van der Waals surface area contributed by atoms with Crippen molar-refractivity contribution < 1.29 is 9.47 Å². The third-order valence-electron chi connectivity index (χ3n) is 5.23. The summed E-state index contributed by atoms with van der Waals surface area (Å²) in [6.07, 6.45) is 1.99. The minimum Gasteiger partial charge on any atom is -0.440 e. The third kappa shape index (κ3) is 3.00. The van der Waals surface area contributed by atoms with Crippen LogP contribution >= 0.6 is 0 Å². The molecule has 0 radical (unpaired) electrons. The van der Waals surface area contributed by atoms with Gasteiger partial charge in [-0.05, 0) is 25.3 Å². The molecule has 1 saturated heterocycles. The molecule has 2 aliphatic heterocycles. The van der Waals surface area contributed by atoms with Crippen molar-refractivity contribution >= 4 is 0 Å². The molecule has 2 atom stereocenters. The topological polar surface area (TPSA) is 90.3 Å². The van der Waals surface area contributed by atoms with Gasteiger partial charge in [0.25, 0.3) is 5.56 Å². The Balaban J connectivity index is 1.89. The second-order valence-electron chi connectivity index (χ2n) is 6.95. The van der Waals surface area contributed by atoms with E-state index in [1.54, 1.807) is 4.57 Å². The summed E-state index contributed by atoms with van der Waals surface area (Å²) in [6, 6.07) is 13.4. The summed E-state index contributed by atoms with van der Waals surface area (Å²) in [4.78, 5) is 13.4. The van der Waals surface area contributed by atoms with E-state index in [1.165, 1.54) is 0 Å². The number of aromatic nitrogens is 1. The average molecular weight is 363 g/mol. The highest BCUT2D eigenvalue weighted by Gasteiger charge is 2.34. The highest BCUT2D eigenvalue weighted by Crippen LogP contribution is 2.40. The Kier molecular flexibility index (Phi) is 4.46. The summed E-state index contributed by atoms with van der Waals surface area (Å²) in [6.45, 7) is 3.11. The lowest BCUT2D eigenvalue weighted by molar-refractivity contribution is 0.0955. The maximum Gasteiger partial charge on any atom is 0.258 e. The highest BCUT2D eigenvalue weighted by atomic mass is 16.5. The van der Waals surface area contributed by atoms with Gasteiger partial charge in [-0.25, -0.2) is 0 Å². The minimum atomic E-state index is -0.538. The van der Waals surface area contributed by atoms with Crippen LogP contribution in [-0.2, 0) is 11.3 Å². The predicted octanol–water partition coefficient (Wildman–Crippen LogP) is 2.55. The number of hydrogen-bond donors (Lipinski definition) is 1. The molecule has 6 nitrogen and oxygen atoms in total. The first-order valence-electron chi connectivity index (χ1n) is 9.08. The number of ether oxygens (including phenoxy) is 2. The van der Waals surface area contributed by atoms with Crippen molar-refractivity contribution in [2.45, 2.75) is 38.3 Å². The van der Waals surface area contributed by atoms with Crippen LogP contribution in [0.1, 0.15) is 35.6 Å². The van der Waals surface area contributed by atoms with Crippen LogP contribution in [0.4, 0.5) is 0 Å². The van der Waals surface area contributed by atoms with Gasteiger partial charge < -0.3 is 19.8 Å². The number of nitrogens with two attached hydrogens (primary N) is 1. The van der Waals surface area contributed by atoms with Crippen LogP contribution in [0.5, 0.6) is 5.75 Å². The zero-order valence-corrected chi connectivity index (χ0v) is 15.1. The van der Waals surface area contributed by atoms with Crippen LogP contribution in [0, 0.1) is 18.3 Å². The molecule has 0 bridgehead atoms. The summed E-state index contributed by atoms with van der Waals surface area (Å²) in [5.41, 5.74) is 8.19. The Labute approximate surface area is 157 Å². The summed E-state index contributed by atoms with van der Waals surface area (Å²) < 4.78 is 13.1. The molecule has 0 amide bonds. The molecule has 2 aromatic rings. The second-order valence-corrected chi connectivity index (χ2v) is 6.95. The van der Waals surface area contributed by atoms with E-state index in [4.69, 9.17) is 15.2 Å². The number of allylic oxidation sites excluding steroid dienone is 1. The number of rotatable bonds is 3. The van der Waals surface area contributed by atoms with Gasteiger partial charge in [0.15, 0.2) is 0 Å². The van der Waals surface area contributed by atoms with E-state index < -0.39 is 5.92 Å². The Morgan fingerprint density at radius 1 is 1.33 bits per heavy atom. The lowest BCUT2D eigenvalue weighted by atomic mass is 9.84. The second kappa shape index (κ2) is 6.93. The number of aryl methyl sites for hydroxylation is 1. The monoisotopic (exact) mass is 363 g/mol. The fourth-order valence-corrected chi connectivity index (χ4v) is 3.88. The SMILES string of the molecule is Cc1cc2c(c(=O)n1C[C@@H]1CCCO1)[C@@H](c1ccccc1)C(C#N)=C(N)O2. The van der Waals surface area contributed by atoms with E-state index >= 15 is 0 Å². The molecule has 1 aromatic carbocycles. The van der Waals surface area contributed by atoms with Crippen molar-refractivity contribution in [2.24, 2.45) is 5.73 Å². The Hall–Kier alpha value is -3.04. The van der Waals surface area contributed by atoms with Crippen molar-refractivity contribution in [3.63, 3.8) is 0 Å². The van der Waals surface area contributed by atoms with Gasteiger partial charge in [-0.15, -0.1) is 0 Å². The predicted molar refractivity (Wildman–Crippen MR) is 100 cm³/mol. The van der Waals surface area contributed by atoms with Crippen molar-refractivity contribution in [3.8, 4) is 11.8 Å². The normalized spacial score (nSPS) is 21.5. The molecule has 2 N–H and O–H groups in total. The van der Waals surface area contributed by atoms with Crippen molar-refractivity contribution in [1.82, 2.24) is 4.57 Å². The van der Waals surface area contributed by atoms with Gasteiger partial charge >= 0.3 is 0 Å². The number of pyridine rings is 1. The number of fused-ring (bicyclic) bond motifs is 1. The van der Waals surface area contributed by atoms with Crippen LogP contribution in [0.15, 0.2) is 52.6 Å². The Bertz CT molecular complexity index is 996. The van der Waals surface area contributed by atoms with E-state index in [2.05, 4.69) is 6.07 Å². The van der Waals surface area contributed by atoms with Crippen molar-refractivity contribution in [3.05, 3.63) is 75.0 Å². The first kappa shape index (κ1) is 17.4. The largest absolute Gasteiger partial charge is 0.440 e. The highest BCUT2D eigenvalue weighted by molar-refractivity contribution is 5.55. The van der Waals surface area contributed by atoms with Crippen LogP contribution in [0.2, 0.25) is 0 Å². The van der Waals surface area contributed by atoms with Gasteiger partial charge in [0.2, 0.25) is 5.88 Å². The lowest BCUT2D eigenvalue weighted by Crippen LogP contribution is -2.35. The smallest absolute Gasteiger partial charge is 0.258 e. The molecule has 0 spiro atoms. The van der Waals surface area contributed by atoms with E-state index in [-0.39, 0.29) is 23.1 Å². The van der Waals surface area contributed by atoms with E-state index in [9.17, 15) is 10.1 Å². The molecule has 1 fully saturated rings. The van der Waals surface area contributed by atoms with Gasteiger partial charge in [-0.1, -0.05) is 30.3 Å². The lowest BCUT2D eigenvalue weighted by Gasteiger charge is -2.27. The van der Waals surface area contributed by atoms with Crippen LogP contribution in [0.25, 0.3) is 0 Å². The van der Waals surface area contributed by atoms with Gasteiger partial charge in [0.05, 0.1) is 24.1 Å². The molecule has 6 heteroatoms. The molecule has 1 aromatic heterocycles. The first-order chi connectivity index (χ1) is 13.1. The third-order valence-corrected chi connectivity index (χ3v) is 5.23. The molecule has 0 aliphatic carbocycles. The number of hydrogen-bond acceptors (Lipinski definition) is 5. The Morgan fingerprint density at radius 2 is 2.11 bits per heavy atom. The summed E-state index contributed by atoms with van der Waals surface area (Å²) in [7, 11) is 0. The summed E-state index contributed by atoms with van der Waals surface area (Å²) in [5.74, 6) is -0.0650. The molecular formula is C21H21N3O3. The van der Waals surface area contributed by atoms with Crippen LogP contribution < -0.4 is 16.0 Å². The molecule has 138 valence electrons. The van der Waals surface area contributed by atoms with Gasteiger partial charge in [-0.2, -0.15) is 5.26 Å². The molecule has 0 unspecified atom stereocenters. The first-order valence-corrected chi connectivity index (χ1v) is 9.08. The van der Waals surface area contributed by atoms with Gasteiger partial charge in [0, 0.05) is 18.4 Å². The fraction of sp³-hybridized carbons (Fsp3) is 0.333. The Morgan fingerprint density at radius 3 is 2.78 bits per heavy atom. The molecule has 2 aliphatic rings. The maximum atomic E-state index is 13.4. The molecule has 3 heterocycles. The van der Waals surface area contributed by atoms with Crippen LogP contribution in [0.3, 0.4) is 0 Å². The summed E-state index contributed by atoms with van der Waals surface area (Å²) >= 11 is 0. The minimum absolute atomic E-state index is 0.0372. The van der Waals surface area contributed by atoms with Gasteiger partial charge in [-0.3, -0.25) is 4.79 Å². The quantitative estimate of drug-likeness (QED) is 0.905. The van der Waals surface area contributed by atoms with Gasteiger partial charge in [0.1, 0.15) is 17.4 Å². The van der Waals surface area contributed by atoms with Crippen LogP contribution in [-0.4, -0.2) is 17.3 Å². The number of benzene rings is 1. The standard InChI is InChI=1S/C21H21N3O3/c1-13-10-17-19(21(25)24(13)12-15-8-5-9-26-15)18(14-6-3-2-4-7-14)16(11-22)20(23)27-17/h2-4,6-7,10,15,18H,5,8-9,12,23H2,1H3/t15-,18-/m0/s1. The molecule has 0 saturated carbocycles. The zero-order valence-electron chi connectivity index (χ0n) is 15.1. The fourth-order valence-electron chi connectivity index (χ4n) is 3.88. The average Bonchev–Trinajstić information content (AvgIpc) is 3.18. The molecule has 27 heavy (non-hydrogen) atoms. The maximum absolute atomic E-state index is 13.4. The number of nitrogens with zero attached hydrogens (tertiary/aromatic N) is 2. The van der Waals surface area contributed by atoms with Crippen molar-refractivity contribution in [1.29, 1.82) is 5.26 Å². The summed E-state index contributed by atoms with van der Waals surface area (Å²) in [5, 5.41) is 9.67. The number of nitriles is 1. The van der Waals surface area contributed by atoms with E-state index in [0.29, 0.717) is 17.9 Å². The molecular weight excluding hydrogens is 342 g/mol. The van der Waals surface area contributed by atoms with E-state index in [0.717, 1.165) is 30.7 Å². The zero-order chi connectivity index (χ0) is 19.0.